The van der Waals surface area contributed by atoms with Crippen LogP contribution in [0.2, 0.25) is 0 Å². The smallest absolute Gasteiger partial charge is 0.261 e. The predicted octanol–water partition coefficient (Wildman–Crippen LogP) is 3.56. The molecule has 0 radical (unpaired) electrons. The number of aliphatic hydroxyl groups excluding tert-OH is 1. The van der Waals surface area contributed by atoms with Crippen molar-refractivity contribution >= 4 is 49.1 Å². The molecule has 6 heteroatoms. The van der Waals surface area contributed by atoms with Crippen LogP contribution < -0.4 is 5.32 Å². The molecule has 0 fully saturated rings. The number of rotatable bonds is 7. The molecular formula is C11H15Br2NO2S. The number of hydrogen-bond donors (Lipinski definition) is 2. The Kier molecular flexibility index (Phi) is 7.34. The van der Waals surface area contributed by atoms with Crippen molar-refractivity contribution < 1.29 is 9.90 Å². The van der Waals surface area contributed by atoms with Gasteiger partial charge in [0.05, 0.1) is 8.66 Å². The Labute approximate surface area is 122 Å². The van der Waals surface area contributed by atoms with Crippen LogP contribution in [0.4, 0.5) is 0 Å². The van der Waals surface area contributed by atoms with Gasteiger partial charge in [-0.05, 0) is 50.8 Å². The van der Waals surface area contributed by atoms with E-state index < -0.39 is 0 Å². The standard InChI is InChI=1S/C11H15Br2NO2S/c12-8-7-9(17-10(8)13)11(16)14-5-3-1-2-4-6-15/h7,15H,1-6H2,(H,14,16). The van der Waals surface area contributed by atoms with E-state index in [1.165, 1.54) is 11.3 Å². The molecule has 1 rings (SSSR count). The summed E-state index contributed by atoms with van der Waals surface area (Å²) >= 11 is 8.14. The maximum Gasteiger partial charge on any atom is 0.261 e. The van der Waals surface area contributed by atoms with E-state index in [2.05, 4.69) is 37.2 Å². The Hall–Kier alpha value is 0.0900. The summed E-state index contributed by atoms with van der Waals surface area (Å²) in [5, 5.41) is 11.5. The van der Waals surface area contributed by atoms with Gasteiger partial charge in [0.1, 0.15) is 0 Å². The molecule has 96 valence electrons. The first-order valence-corrected chi connectivity index (χ1v) is 7.89. The van der Waals surface area contributed by atoms with E-state index in [0.717, 1.165) is 33.9 Å². The Morgan fingerprint density at radius 2 is 2.00 bits per heavy atom. The Morgan fingerprint density at radius 1 is 1.29 bits per heavy atom. The summed E-state index contributed by atoms with van der Waals surface area (Å²) in [7, 11) is 0. The summed E-state index contributed by atoms with van der Waals surface area (Å²) in [6.07, 6.45) is 3.86. The molecule has 0 unspecified atom stereocenters. The number of nitrogens with one attached hydrogen (secondary N) is 1. The highest BCUT2D eigenvalue weighted by atomic mass is 79.9. The molecule has 1 aromatic rings. The van der Waals surface area contributed by atoms with Crippen LogP contribution in [-0.2, 0) is 0 Å². The van der Waals surface area contributed by atoms with Crippen LogP contribution in [-0.4, -0.2) is 24.2 Å². The average Bonchev–Trinajstić information content (AvgIpc) is 2.64. The molecule has 0 aliphatic rings. The fourth-order valence-electron chi connectivity index (χ4n) is 1.34. The first kappa shape index (κ1) is 15.1. The van der Waals surface area contributed by atoms with Crippen molar-refractivity contribution in [3.8, 4) is 0 Å². The average molecular weight is 385 g/mol. The monoisotopic (exact) mass is 383 g/mol. The first-order chi connectivity index (χ1) is 8.15. The quantitative estimate of drug-likeness (QED) is 0.706. The fraction of sp³-hybridized carbons (Fsp3) is 0.545. The van der Waals surface area contributed by atoms with Crippen LogP contribution in [0.1, 0.15) is 35.4 Å². The van der Waals surface area contributed by atoms with E-state index in [-0.39, 0.29) is 12.5 Å². The van der Waals surface area contributed by atoms with Gasteiger partial charge in [0, 0.05) is 17.6 Å². The van der Waals surface area contributed by atoms with Crippen molar-refractivity contribution in [2.75, 3.05) is 13.2 Å². The maximum atomic E-state index is 11.7. The van der Waals surface area contributed by atoms with E-state index in [4.69, 9.17) is 5.11 Å². The van der Waals surface area contributed by atoms with Crippen molar-refractivity contribution in [2.24, 2.45) is 0 Å². The third-order valence-corrected chi connectivity index (χ3v) is 5.49. The summed E-state index contributed by atoms with van der Waals surface area (Å²) < 4.78 is 1.85. The highest BCUT2D eigenvalue weighted by Gasteiger charge is 2.10. The van der Waals surface area contributed by atoms with Gasteiger partial charge in [0.2, 0.25) is 0 Å². The third-order valence-electron chi connectivity index (χ3n) is 2.24. The number of carbonyl (C=O) groups is 1. The second kappa shape index (κ2) is 8.24. The maximum absolute atomic E-state index is 11.7. The third kappa shape index (κ3) is 5.50. The van der Waals surface area contributed by atoms with Gasteiger partial charge in [-0.1, -0.05) is 12.8 Å². The minimum Gasteiger partial charge on any atom is -0.396 e. The van der Waals surface area contributed by atoms with Gasteiger partial charge in [-0.25, -0.2) is 0 Å². The van der Waals surface area contributed by atoms with Gasteiger partial charge >= 0.3 is 0 Å². The van der Waals surface area contributed by atoms with Crippen molar-refractivity contribution in [3.63, 3.8) is 0 Å². The lowest BCUT2D eigenvalue weighted by atomic mass is 10.2. The molecule has 2 N–H and O–H groups in total. The lowest BCUT2D eigenvalue weighted by Crippen LogP contribution is -2.23. The van der Waals surface area contributed by atoms with Crippen molar-refractivity contribution in [1.82, 2.24) is 5.32 Å². The van der Waals surface area contributed by atoms with Gasteiger partial charge in [-0.2, -0.15) is 0 Å². The molecule has 1 heterocycles. The number of aliphatic hydroxyl groups is 1. The van der Waals surface area contributed by atoms with Crippen molar-refractivity contribution in [3.05, 3.63) is 19.2 Å². The molecule has 1 aromatic heterocycles. The molecule has 0 aromatic carbocycles. The molecule has 3 nitrogen and oxygen atoms in total. The van der Waals surface area contributed by atoms with E-state index in [9.17, 15) is 4.79 Å². The minimum absolute atomic E-state index is 0.0245. The largest absolute Gasteiger partial charge is 0.396 e. The van der Waals surface area contributed by atoms with Crippen LogP contribution in [0.5, 0.6) is 0 Å². The molecule has 1 amide bonds. The first-order valence-electron chi connectivity index (χ1n) is 5.49. The Balaban J connectivity index is 2.21. The van der Waals surface area contributed by atoms with Crippen LogP contribution >= 0.6 is 43.2 Å². The van der Waals surface area contributed by atoms with Crippen LogP contribution in [0.25, 0.3) is 0 Å². The number of hydrogen-bond acceptors (Lipinski definition) is 3. The number of carbonyl (C=O) groups excluding carboxylic acids is 1. The Bertz CT molecular complexity index is 349. The molecule has 0 aliphatic carbocycles. The highest BCUT2D eigenvalue weighted by Crippen LogP contribution is 2.32. The molecule has 0 spiro atoms. The topological polar surface area (TPSA) is 49.3 Å². The molecule has 0 saturated carbocycles. The van der Waals surface area contributed by atoms with Gasteiger partial charge in [-0.15, -0.1) is 11.3 Å². The summed E-state index contributed by atoms with van der Waals surface area (Å²) in [6.45, 7) is 0.945. The predicted molar refractivity (Wildman–Crippen MR) is 77.6 cm³/mol. The number of halogens is 2. The number of unbranched alkanes of at least 4 members (excludes halogenated alkanes) is 3. The van der Waals surface area contributed by atoms with Gasteiger partial charge in [0.15, 0.2) is 0 Å². The van der Waals surface area contributed by atoms with Crippen LogP contribution in [0.15, 0.2) is 14.3 Å². The molecule has 0 atom stereocenters. The summed E-state index contributed by atoms with van der Waals surface area (Å²) in [5.41, 5.74) is 0. The summed E-state index contributed by atoms with van der Waals surface area (Å²) in [4.78, 5) is 12.4. The van der Waals surface area contributed by atoms with Gasteiger partial charge in [0.25, 0.3) is 5.91 Å². The van der Waals surface area contributed by atoms with Gasteiger partial charge in [-0.3, -0.25) is 4.79 Å². The highest BCUT2D eigenvalue weighted by molar-refractivity contribution is 9.13. The van der Waals surface area contributed by atoms with Crippen molar-refractivity contribution in [1.29, 1.82) is 0 Å². The zero-order valence-electron chi connectivity index (χ0n) is 9.34. The SMILES string of the molecule is O=C(NCCCCCCO)c1cc(Br)c(Br)s1. The second-order valence-electron chi connectivity index (χ2n) is 3.63. The lowest BCUT2D eigenvalue weighted by molar-refractivity contribution is 0.0957. The van der Waals surface area contributed by atoms with Crippen molar-refractivity contribution in [2.45, 2.75) is 25.7 Å². The fourth-order valence-corrected chi connectivity index (χ4v) is 3.29. The van der Waals surface area contributed by atoms with E-state index in [1.54, 1.807) is 0 Å². The van der Waals surface area contributed by atoms with E-state index in [1.807, 2.05) is 6.07 Å². The van der Waals surface area contributed by atoms with Gasteiger partial charge < -0.3 is 10.4 Å². The van der Waals surface area contributed by atoms with E-state index >= 15 is 0 Å². The molecule has 0 saturated heterocycles. The zero-order chi connectivity index (χ0) is 12.7. The molecule has 0 aliphatic heterocycles. The summed E-state index contributed by atoms with van der Waals surface area (Å²) in [6, 6.07) is 1.82. The normalized spacial score (nSPS) is 10.5. The summed E-state index contributed by atoms with van der Waals surface area (Å²) in [5.74, 6) is -0.0245. The number of amides is 1. The zero-order valence-corrected chi connectivity index (χ0v) is 13.3. The second-order valence-corrected chi connectivity index (χ2v) is 6.85. The molecule has 0 bridgehead atoms. The lowest BCUT2D eigenvalue weighted by Gasteiger charge is -2.02. The minimum atomic E-state index is -0.0245. The molecule has 17 heavy (non-hydrogen) atoms. The number of thiophene rings is 1. The van der Waals surface area contributed by atoms with Crippen LogP contribution in [0.3, 0.4) is 0 Å². The van der Waals surface area contributed by atoms with E-state index in [0.29, 0.717) is 11.4 Å². The Morgan fingerprint density at radius 3 is 2.59 bits per heavy atom. The van der Waals surface area contributed by atoms with Crippen LogP contribution in [0, 0.1) is 0 Å². The molecular weight excluding hydrogens is 370 g/mol.